The standard InChI is InChI=1S/C23H27FN2O3/c24-19-7-5-18(6-8-19)23(29)11-14-25(15-12-23)16-21(27)17-3-9-20(10-4-17)26-13-1-2-22(26)28/h3-10,21,27,29H,1-2,11-16H2/t21-/m0/s1. The minimum atomic E-state index is -0.945. The van der Waals surface area contributed by atoms with Crippen LogP contribution < -0.4 is 4.90 Å². The van der Waals surface area contributed by atoms with Crippen molar-refractivity contribution in [2.75, 3.05) is 31.1 Å². The smallest absolute Gasteiger partial charge is 0.227 e. The molecule has 154 valence electrons. The van der Waals surface area contributed by atoms with Gasteiger partial charge in [0, 0.05) is 38.3 Å². The third kappa shape index (κ3) is 4.34. The maximum atomic E-state index is 13.1. The normalized spacial score (nSPS) is 20.8. The molecule has 1 amide bonds. The summed E-state index contributed by atoms with van der Waals surface area (Å²) < 4.78 is 13.1. The van der Waals surface area contributed by atoms with Crippen molar-refractivity contribution >= 4 is 11.6 Å². The van der Waals surface area contributed by atoms with Crippen LogP contribution in [0.1, 0.15) is 42.9 Å². The molecule has 5 nitrogen and oxygen atoms in total. The van der Waals surface area contributed by atoms with Gasteiger partial charge in [-0.3, -0.25) is 4.79 Å². The van der Waals surface area contributed by atoms with E-state index in [-0.39, 0.29) is 11.7 Å². The van der Waals surface area contributed by atoms with E-state index in [0.717, 1.165) is 29.8 Å². The number of aliphatic hydroxyl groups excluding tert-OH is 1. The fourth-order valence-electron chi connectivity index (χ4n) is 4.30. The first-order chi connectivity index (χ1) is 13.9. The lowest BCUT2D eigenvalue weighted by atomic mass is 9.84. The first kappa shape index (κ1) is 20.0. The maximum absolute atomic E-state index is 13.1. The molecule has 2 saturated heterocycles. The van der Waals surface area contributed by atoms with E-state index in [1.165, 1.54) is 12.1 Å². The second-order valence-corrected chi connectivity index (χ2v) is 8.10. The third-order valence-electron chi connectivity index (χ3n) is 6.16. The Morgan fingerprint density at radius 3 is 2.24 bits per heavy atom. The van der Waals surface area contributed by atoms with Crippen molar-refractivity contribution in [3.63, 3.8) is 0 Å². The highest BCUT2D eigenvalue weighted by molar-refractivity contribution is 5.95. The van der Waals surface area contributed by atoms with Crippen LogP contribution in [0.4, 0.5) is 10.1 Å². The van der Waals surface area contributed by atoms with E-state index in [4.69, 9.17) is 0 Å². The zero-order valence-electron chi connectivity index (χ0n) is 16.4. The number of likely N-dealkylation sites (tertiary alicyclic amines) is 1. The zero-order valence-corrected chi connectivity index (χ0v) is 16.4. The molecule has 4 rings (SSSR count). The lowest BCUT2D eigenvalue weighted by Crippen LogP contribution is -2.43. The molecule has 2 N–H and O–H groups in total. The van der Waals surface area contributed by atoms with Crippen LogP contribution in [0.15, 0.2) is 48.5 Å². The van der Waals surface area contributed by atoms with Gasteiger partial charge in [-0.2, -0.15) is 0 Å². The number of carbonyl (C=O) groups is 1. The summed E-state index contributed by atoms with van der Waals surface area (Å²) in [5, 5.41) is 21.5. The topological polar surface area (TPSA) is 64.0 Å². The molecule has 0 aromatic heterocycles. The summed E-state index contributed by atoms with van der Waals surface area (Å²) in [5.74, 6) is -0.154. The average Bonchev–Trinajstić information content (AvgIpc) is 3.16. The number of nitrogens with zero attached hydrogens (tertiary/aromatic N) is 2. The SMILES string of the molecule is O=C1CCCN1c1ccc([C@@H](O)CN2CCC(O)(c3ccc(F)cc3)CC2)cc1. The minimum absolute atomic E-state index is 0.153. The molecule has 0 spiro atoms. The van der Waals surface area contributed by atoms with Gasteiger partial charge in [0.05, 0.1) is 11.7 Å². The summed E-state index contributed by atoms with van der Waals surface area (Å²) in [6.45, 7) is 2.56. The number of carbonyl (C=O) groups excluding carboxylic acids is 1. The fraction of sp³-hybridized carbons (Fsp3) is 0.435. The van der Waals surface area contributed by atoms with E-state index >= 15 is 0 Å². The summed E-state index contributed by atoms with van der Waals surface area (Å²) in [5.41, 5.74) is 1.50. The molecule has 2 aromatic carbocycles. The number of halogens is 1. The highest BCUT2D eigenvalue weighted by Gasteiger charge is 2.34. The first-order valence-corrected chi connectivity index (χ1v) is 10.2. The summed E-state index contributed by atoms with van der Waals surface area (Å²) in [4.78, 5) is 15.8. The number of amides is 1. The Labute approximate surface area is 170 Å². The van der Waals surface area contributed by atoms with Crippen LogP contribution in [0.2, 0.25) is 0 Å². The van der Waals surface area contributed by atoms with Crippen molar-refractivity contribution in [2.24, 2.45) is 0 Å². The van der Waals surface area contributed by atoms with Crippen molar-refractivity contribution < 1.29 is 19.4 Å². The molecule has 1 atom stereocenters. The predicted molar refractivity (Wildman–Crippen MR) is 109 cm³/mol. The molecule has 0 aliphatic carbocycles. The lowest BCUT2D eigenvalue weighted by Gasteiger charge is -2.39. The Morgan fingerprint density at radius 2 is 1.66 bits per heavy atom. The van der Waals surface area contributed by atoms with Gasteiger partial charge in [0.25, 0.3) is 0 Å². The number of benzene rings is 2. The molecule has 2 aliphatic heterocycles. The van der Waals surface area contributed by atoms with Gasteiger partial charge in [0.15, 0.2) is 0 Å². The van der Waals surface area contributed by atoms with Crippen molar-refractivity contribution in [3.8, 4) is 0 Å². The summed E-state index contributed by atoms with van der Waals surface area (Å²) in [7, 11) is 0. The van der Waals surface area contributed by atoms with Crippen LogP contribution in [0.3, 0.4) is 0 Å². The molecular weight excluding hydrogens is 371 g/mol. The van der Waals surface area contributed by atoms with Crippen molar-refractivity contribution in [2.45, 2.75) is 37.4 Å². The van der Waals surface area contributed by atoms with Gasteiger partial charge in [-0.1, -0.05) is 24.3 Å². The Bertz CT molecular complexity index is 845. The van der Waals surface area contributed by atoms with Crippen molar-refractivity contribution in [1.29, 1.82) is 0 Å². The molecule has 2 fully saturated rings. The van der Waals surface area contributed by atoms with Crippen LogP contribution in [-0.2, 0) is 10.4 Å². The van der Waals surface area contributed by atoms with E-state index in [0.29, 0.717) is 38.9 Å². The third-order valence-corrected chi connectivity index (χ3v) is 6.16. The van der Waals surface area contributed by atoms with Crippen LogP contribution >= 0.6 is 0 Å². The van der Waals surface area contributed by atoms with Crippen LogP contribution in [0.5, 0.6) is 0 Å². The largest absolute Gasteiger partial charge is 0.387 e. The van der Waals surface area contributed by atoms with Gasteiger partial charge in [-0.25, -0.2) is 4.39 Å². The fourth-order valence-corrected chi connectivity index (χ4v) is 4.30. The minimum Gasteiger partial charge on any atom is -0.387 e. The number of hydrogen-bond acceptors (Lipinski definition) is 4. The van der Waals surface area contributed by atoms with Gasteiger partial charge in [-0.15, -0.1) is 0 Å². The summed E-state index contributed by atoms with van der Waals surface area (Å²) in [6.07, 6.45) is 1.95. The first-order valence-electron chi connectivity index (χ1n) is 10.2. The van der Waals surface area contributed by atoms with Crippen molar-refractivity contribution in [3.05, 3.63) is 65.5 Å². The van der Waals surface area contributed by atoms with Crippen LogP contribution in [0, 0.1) is 5.82 Å². The molecule has 0 saturated carbocycles. The Balaban J connectivity index is 1.33. The van der Waals surface area contributed by atoms with E-state index in [1.807, 2.05) is 24.3 Å². The Morgan fingerprint density at radius 1 is 1.00 bits per heavy atom. The zero-order chi connectivity index (χ0) is 20.4. The second-order valence-electron chi connectivity index (χ2n) is 8.10. The highest BCUT2D eigenvalue weighted by Crippen LogP contribution is 2.33. The van der Waals surface area contributed by atoms with E-state index in [1.54, 1.807) is 17.0 Å². The monoisotopic (exact) mass is 398 g/mol. The van der Waals surface area contributed by atoms with E-state index in [9.17, 15) is 19.4 Å². The van der Waals surface area contributed by atoms with Crippen LogP contribution in [-0.4, -0.2) is 47.2 Å². The van der Waals surface area contributed by atoms with Gasteiger partial charge >= 0.3 is 0 Å². The highest BCUT2D eigenvalue weighted by atomic mass is 19.1. The number of anilines is 1. The van der Waals surface area contributed by atoms with Crippen molar-refractivity contribution in [1.82, 2.24) is 4.90 Å². The van der Waals surface area contributed by atoms with Gasteiger partial charge < -0.3 is 20.0 Å². The molecule has 2 heterocycles. The lowest BCUT2D eigenvalue weighted by molar-refractivity contribution is -0.117. The second kappa shape index (κ2) is 8.22. The van der Waals surface area contributed by atoms with E-state index < -0.39 is 11.7 Å². The summed E-state index contributed by atoms with van der Waals surface area (Å²) >= 11 is 0. The number of β-amino-alcohol motifs (C(OH)–C–C–N with tert-alkyl or cyclic N) is 1. The Hall–Kier alpha value is -2.28. The molecule has 0 bridgehead atoms. The predicted octanol–water partition coefficient (Wildman–Crippen LogP) is 2.97. The average molecular weight is 398 g/mol. The van der Waals surface area contributed by atoms with Gasteiger partial charge in [0.2, 0.25) is 5.91 Å². The molecule has 2 aliphatic rings. The number of aliphatic hydroxyl groups is 2. The van der Waals surface area contributed by atoms with Gasteiger partial charge in [0.1, 0.15) is 5.82 Å². The quantitative estimate of drug-likeness (QED) is 0.813. The number of rotatable bonds is 5. The summed E-state index contributed by atoms with van der Waals surface area (Å²) in [6, 6.07) is 13.6. The van der Waals surface area contributed by atoms with Crippen LogP contribution in [0.25, 0.3) is 0 Å². The molecule has 0 unspecified atom stereocenters. The molecule has 0 radical (unpaired) electrons. The molecule has 6 heteroatoms. The molecule has 29 heavy (non-hydrogen) atoms. The number of piperidine rings is 1. The van der Waals surface area contributed by atoms with E-state index in [2.05, 4.69) is 4.90 Å². The van der Waals surface area contributed by atoms with Gasteiger partial charge in [-0.05, 0) is 54.7 Å². The maximum Gasteiger partial charge on any atom is 0.227 e. The number of hydrogen-bond donors (Lipinski definition) is 2. The Kier molecular flexibility index (Phi) is 5.67. The molecular formula is C23H27FN2O3. The molecule has 2 aromatic rings.